The van der Waals surface area contributed by atoms with E-state index in [1.54, 1.807) is 13.8 Å². The Morgan fingerprint density at radius 3 is 2.55 bits per heavy atom. The van der Waals surface area contributed by atoms with Crippen molar-refractivity contribution in [2.24, 2.45) is 0 Å². The predicted octanol–water partition coefficient (Wildman–Crippen LogP) is 3.98. The quantitative estimate of drug-likeness (QED) is 0.722. The number of likely N-dealkylation sites (N-methyl/N-ethyl adjacent to an activating group) is 1. The average Bonchev–Trinajstić information content (AvgIpc) is 2.77. The summed E-state index contributed by atoms with van der Waals surface area (Å²) in [5.41, 5.74) is 1.84. The van der Waals surface area contributed by atoms with Crippen molar-refractivity contribution in [2.45, 2.75) is 51.2 Å². The number of hydrogen-bond acceptors (Lipinski definition) is 3. The Morgan fingerprint density at radius 1 is 1.16 bits per heavy atom. The topological polar surface area (TPSA) is 43.8 Å². The molecule has 1 atom stereocenters. The van der Waals surface area contributed by atoms with Gasteiger partial charge in [-0.15, -0.1) is 0 Å². The first-order valence-corrected chi connectivity index (χ1v) is 11.2. The van der Waals surface area contributed by atoms with Crippen molar-refractivity contribution in [3.8, 4) is 11.8 Å². The van der Waals surface area contributed by atoms with Gasteiger partial charge in [0.25, 0.3) is 5.91 Å². The fraction of sp³-hybridized carbons (Fsp3) is 0.444. The second-order valence-electron chi connectivity index (χ2n) is 8.99. The van der Waals surface area contributed by atoms with E-state index in [0.717, 1.165) is 50.9 Å². The van der Waals surface area contributed by atoms with Crippen LogP contribution in [0.4, 0.5) is 0 Å². The number of carbonyl (C=O) groups excluding carboxylic acids is 1. The van der Waals surface area contributed by atoms with E-state index in [-0.39, 0.29) is 11.9 Å². The van der Waals surface area contributed by atoms with Crippen molar-refractivity contribution >= 4 is 5.91 Å². The Hall–Kier alpha value is -2.61. The molecule has 0 spiro atoms. The van der Waals surface area contributed by atoms with Gasteiger partial charge < -0.3 is 14.9 Å². The van der Waals surface area contributed by atoms with Gasteiger partial charge in [0, 0.05) is 30.8 Å². The maximum absolute atomic E-state index is 13.0. The lowest BCUT2D eigenvalue weighted by Crippen LogP contribution is -2.48. The standard InChI is InChI=1S/C27H34N2O2/c1-27(2,31)18-17-23-13-15-24(16-14-23)26(30)28(3)25-12-8-20-29(21-25)19-7-11-22-9-5-4-6-10-22/h4-6,9-10,13-16,25,31H,7-8,11-12,19-21H2,1-3H3. The minimum atomic E-state index is -1.03. The Bertz CT molecular complexity index is 904. The van der Waals surface area contributed by atoms with Gasteiger partial charge in [-0.3, -0.25) is 4.79 Å². The van der Waals surface area contributed by atoms with Crippen molar-refractivity contribution in [3.63, 3.8) is 0 Å². The zero-order valence-corrected chi connectivity index (χ0v) is 19.0. The molecule has 4 heteroatoms. The largest absolute Gasteiger partial charge is 0.378 e. The van der Waals surface area contributed by atoms with E-state index >= 15 is 0 Å². The van der Waals surface area contributed by atoms with Crippen LogP contribution in [0.15, 0.2) is 54.6 Å². The van der Waals surface area contributed by atoms with E-state index in [2.05, 4.69) is 47.1 Å². The monoisotopic (exact) mass is 418 g/mol. The molecule has 0 radical (unpaired) electrons. The fourth-order valence-corrected chi connectivity index (χ4v) is 3.99. The lowest BCUT2D eigenvalue weighted by molar-refractivity contribution is 0.0617. The lowest BCUT2D eigenvalue weighted by atomic mass is 10.0. The first kappa shape index (κ1) is 23.1. The van der Waals surface area contributed by atoms with Gasteiger partial charge in [0.1, 0.15) is 5.60 Å². The molecule has 2 aromatic carbocycles. The number of amides is 1. The van der Waals surface area contributed by atoms with Crippen molar-refractivity contribution in [3.05, 3.63) is 71.3 Å². The summed E-state index contributed by atoms with van der Waals surface area (Å²) in [7, 11) is 1.92. The first-order valence-electron chi connectivity index (χ1n) is 11.2. The number of aliphatic hydroxyl groups is 1. The van der Waals surface area contributed by atoms with Crippen molar-refractivity contribution < 1.29 is 9.90 Å². The molecule has 1 aliphatic heterocycles. The van der Waals surface area contributed by atoms with E-state index in [1.807, 2.05) is 36.2 Å². The summed E-state index contributed by atoms with van der Waals surface area (Å²) in [6, 6.07) is 18.2. The molecule has 0 aliphatic carbocycles. The van der Waals surface area contributed by atoms with E-state index in [9.17, 15) is 9.90 Å². The Labute approximate surface area is 186 Å². The number of likely N-dealkylation sites (tertiary alicyclic amines) is 1. The van der Waals surface area contributed by atoms with Gasteiger partial charge in [-0.25, -0.2) is 0 Å². The highest BCUT2D eigenvalue weighted by Gasteiger charge is 2.26. The molecular formula is C27H34N2O2. The van der Waals surface area contributed by atoms with Gasteiger partial charge in [-0.1, -0.05) is 42.2 Å². The molecule has 1 saturated heterocycles. The summed E-state index contributed by atoms with van der Waals surface area (Å²) in [4.78, 5) is 17.4. The maximum Gasteiger partial charge on any atom is 0.253 e. The molecular weight excluding hydrogens is 384 g/mol. The molecule has 1 N–H and O–H groups in total. The lowest BCUT2D eigenvalue weighted by Gasteiger charge is -2.37. The zero-order chi connectivity index (χ0) is 22.3. The molecule has 1 heterocycles. The zero-order valence-electron chi connectivity index (χ0n) is 19.0. The normalized spacial score (nSPS) is 17.0. The molecule has 2 aromatic rings. The number of rotatable bonds is 6. The number of nitrogens with zero attached hydrogens (tertiary/aromatic N) is 2. The minimum absolute atomic E-state index is 0.0538. The fourth-order valence-electron chi connectivity index (χ4n) is 3.99. The Kier molecular flexibility index (Phi) is 7.90. The number of hydrogen-bond donors (Lipinski definition) is 1. The van der Waals surface area contributed by atoms with Crippen molar-refractivity contribution in [1.29, 1.82) is 0 Å². The maximum atomic E-state index is 13.0. The second-order valence-corrected chi connectivity index (χ2v) is 8.99. The molecule has 3 rings (SSSR count). The summed E-state index contributed by atoms with van der Waals surface area (Å²) in [5.74, 6) is 5.80. The third kappa shape index (κ3) is 7.24. The molecule has 1 amide bonds. The molecule has 0 saturated carbocycles. The van der Waals surface area contributed by atoms with Crippen LogP contribution in [0.2, 0.25) is 0 Å². The number of benzene rings is 2. The van der Waals surface area contributed by atoms with Crippen molar-refractivity contribution in [1.82, 2.24) is 9.80 Å². The summed E-state index contributed by atoms with van der Waals surface area (Å²) >= 11 is 0. The van der Waals surface area contributed by atoms with Gasteiger partial charge in [-0.2, -0.15) is 0 Å². The summed E-state index contributed by atoms with van der Waals surface area (Å²) < 4.78 is 0. The Morgan fingerprint density at radius 2 is 1.87 bits per heavy atom. The smallest absolute Gasteiger partial charge is 0.253 e. The van der Waals surface area contributed by atoms with Crippen molar-refractivity contribution in [2.75, 3.05) is 26.7 Å². The van der Waals surface area contributed by atoms with Gasteiger partial charge >= 0.3 is 0 Å². The summed E-state index contributed by atoms with van der Waals surface area (Å²) in [5, 5.41) is 9.73. The molecule has 31 heavy (non-hydrogen) atoms. The van der Waals surface area contributed by atoms with Crippen LogP contribution in [0.5, 0.6) is 0 Å². The number of carbonyl (C=O) groups is 1. The van der Waals surface area contributed by atoms with Gasteiger partial charge in [-0.05, 0) is 82.4 Å². The molecule has 0 bridgehead atoms. The Balaban J connectivity index is 1.53. The van der Waals surface area contributed by atoms with E-state index in [4.69, 9.17) is 0 Å². The van der Waals surface area contributed by atoms with Crippen LogP contribution in [0.3, 0.4) is 0 Å². The first-order chi connectivity index (χ1) is 14.8. The van der Waals surface area contributed by atoms with Crippen LogP contribution in [0.25, 0.3) is 0 Å². The molecule has 1 unspecified atom stereocenters. The predicted molar refractivity (Wildman–Crippen MR) is 126 cm³/mol. The van der Waals surface area contributed by atoms with E-state index < -0.39 is 5.60 Å². The average molecular weight is 419 g/mol. The van der Waals surface area contributed by atoms with E-state index in [0.29, 0.717) is 5.56 Å². The van der Waals surface area contributed by atoms with Crippen LogP contribution >= 0.6 is 0 Å². The van der Waals surface area contributed by atoms with Crippen LogP contribution in [0, 0.1) is 11.8 Å². The van der Waals surface area contributed by atoms with E-state index in [1.165, 1.54) is 5.56 Å². The van der Waals surface area contributed by atoms with Gasteiger partial charge in [0.15, 0.2) is 0 Å². The molecule has 0 aromatic heterocycles. The van der Waals surface area contributed by atoms with Crippen LogP contribution in [-0.4, -0.2) is 59.1 Å². The van der Waals surface area contributed by atoms with Crippen LogP contribution in [-0.2, 0) is 6.42 Å². The highest BCUT2D eigenvalue weighted by Crippen LogP contribution is 2.18. The molecule has 1 fully saturated rings. The summed E-state index contributed by atoms with van der Waals surface area (Å²) in [6.07, 6.45) is 4.41. The molecule has 164 valence electrons. The SMILES string of the molecule is CN(C(=O)c1ccc(C#CC(C)(C)O)cc1)C1CCCN(CCCc2ccccc2)C1. The highest BCUT2D eigenvalue weighted by atomic mass is 16.3. The van der Waals surface area contributed by atoms with Crippen LogP contribution in [0.1, 0.15) is 54.6 Å². The van der Waals surface area contributed by atoms with Crippen LogP contribution < -0.4 is 0 Å². The minimum Gasteiger partial charge on any atom is -0.378 e. The third-order valence-corrected chi connectivity index (χ3v) is 5.78. The molecule has 4 nitrogen and oxygen atoms in total. The van der Waals surface area contributed by atoms with Gasteiger partial charge in [0.2, 0.25) is 0 Å². The summed E-state index contributed by atoms with van der Waals surface area (Å²) in [6.45, 7) is 6.43. The molecule has 1 aliphatic rings. The highest BCUT2D eigenvalue weighted by molar-refractivity contribution is 5.94. The second kappa shape index (κ2) is 10.6. The number of aryl methyl sites for hydroxylation is 1. The number of piperidine rings is 1. The third-order valence-electron chi connectivity index (χ3n) is 5.78. The van der Waals surface area contributed by atoms with Gasteiger partial charge in [0.05, 0.1) is 0 Å².